The fourth-order valence-electron chi connectivity index (χ4n) is 1.96. The molecule has 2 heterocycles. The molecular weight excluding hydrogens is 252 g/mol. The predicted molar refractivity (Wildman–Crippen MR) is 76.8 cm³/mol. The number of nitrogens with one attached hydrogen (secondary N) is 1. The number of rotatable bonds is 6. The van der Waals surface area contributed by atoms with Crippen LogP contribution in [0.4, 0.5) is 0 Å². The van der Waals surface area contributed by atoms with Gasteiger partial charge in [0, 0.05) is 30.4 Å². The Bertz CT molecular complexity index is 575. The minimum absolute atomic E-state index is 0.326. The lowest BCUT2D eigenvalue weighted by molar-refractivity contribution is 0.449. The van der Waals surface area contributed by atoms with Crippen molar-refractivity contribution in [2.75, 3.05) is 0 Å². The van der Waals surface area contributed by atoms with Gasteiger partial charge in [-0.3, -0.25) is 4.68 Å². The molecule has 0 aliphatic heterocycles. The maximum absolute atomic E-state index is 5.86. The molecule has 0 radical (unpaired) electrons. The van der Waals surface area contributed by atoms with Gasteiger partial charge in [-0.05, 0) is 32.8 Å². The first-order valence-electron chi connectivity index (χ1n) is 7.11. The molecule has 1 aliphatic rings. The maximum atomic E-state index is 5.86. The first-order chi connectivity index (χ1) is 9.72. The van der Waals surface area contributed by atoms with Crippen LogP contribution in [0.15, 0.2) is 30.7 Å². The molecule has 2 aromatic rings. The summed E-state index contributed by atoms with van der Waals surface area (Å²) in [6.07, 6.45) is 7.93. The highest BCUT2D eigenvalue weighted by molar-refractivity contribution is 5.30. The third-order valence-electron chi connectivity index (χ3n) is 3.33. The van der Waals surface area contributed by atoms with Crippen molar-refractivity contribution in [1.82, 2.24) is 20.1 Å². The summed E-state index contributed by atoms with van der Waals surface area (Å²) in [7, 11) is 0. The largest absolute Gasteiger partial charge is 0.435 e. The van der Waals surface area contributed by atoms with E-state index in [0.717, 1.165) is 17.9 Å². The second kappa shape index (κ2) is 5.63. The maximum Gasteiger partial charge on any atom is 0.223 e. The Kier molecular flexibility index (Phi) is 3.69. The molecule has 3 rings (SSSR count). The summed E-state index contributed by atoms with van der Waals surface area (Å²) in [6, 6.07) is 4.98. The van der Waals surface area contributed by atoms with E-state index in [9.17, 15) is 0 Å². The molecule has 2 aromatic heterocycles. The zero-order valence-corrected chi connectivity index (χ0v) is 11.9. The average molecular weight is 272 g/mol. The minimum atomic E-state index is 0.326. The second-order valence-corrected chi connectivity index (χ2v) is 5.47. The van der Waals surface area contributed by atoms with Crippen LogP contribution < -0.4 is 10.1 Å². The van der Waals surface area contributed by atoms with E-state index in [0.29, 0.717) is 18.0 Å². The molecule has 0 amide bonds. The van der Waals surface area contributed by atoms with Crippen molar-refractivity contribution in [1.29, 1.82) is 0 Å². The standard InChI is InChI=1S/C15H20N4O/c1-11(2)19-10-14(9-18-19)20-15-12(4-3-7-16-15)8-17-13-5-6-13/h3-4,7,9-11,13,17H,5-6,8H2,1-2H3. The highest BCUT2D eigenvalue weighted by Gasteiger charge is 2.20. The average Bonchev–Trinajstić information content (AvgIpc) is 3.15. The smallest absolute Gasteiger partial charge is 0.223 e. The summed E-state index contributed by atoms with van der Waals surface area (Å²) in [4.78, 5) is 4.33. The van der Waals surface area contributed by atoms with Crippen LogP contribution in [0.5, 0.6) is 11.6 Å². The van der Waals surface area contributed by atoms with Crippen molar-refractivity contribution in [2.24, 2.45) is 0 Å². The molecule has 0 saturated heterocycles. The van der Waals surface area contributed by atoms with Crippen molar-refractivity contribution >= 4 is 0 Å². The van der Waals surface area contributed by atoms with Crippen molar-refractivity contribution in [2.45, 2.75) is 45.3 Å². The molecule has 0 aromatic carbocycles. The lowest BCUT2D eigenvalue weighted by atomic mass is 10.2. The lowest BCUT2D eigenvalue weighted by Crippen LogP contribution is -2.16. The van der Waals surface area contributed by atoms with Crippen molar-refractivity contribution < 1.29 is 4.74 Å². The van der Waals surface area contributed by atoms with Gasteiger partial charge in [0.05, 0.1) is 12.4 Å². The van der Waals surface area contributed by atoms with Crippen LogP contribution >= 0.6 is 0 Å². The van der Waals surface area contributed by atoms with Gasteiger partial charge in [-0.1, -0.05) is 6.07 Å². The lowest BCUT2D eigenvalue weighted by Gasteiger charge is -2.09. The molecule has 106 valence electrons. The molecule has 1 aliphatic carbocycles. The van der Waals surface area contributed by atoms with Gasteiger partial charge in [0.15, 0.2) is 5.75 Å². The molecule has 0 bridgehead atoms. The Hall–Kier alpha value is -1.88. The van der Waals surface area contributed by atoms with Crippen molar-refractivity contribution in [3.63, 3.8) is 0 Å². The summed E-state index contributed by atoms with van der Waals surface area (Å²) in [5.74, 6) is 1.38. The van der Waals surface area contributed by atoms with Crippen LogP contribution in [-0.2, 0) is 6.54 Å². The van der Waals surface area contributed by atoms with Crippen molar-refractivity contribution in [3.8, 4) is 11.6 Å². The van der Waals surface area contributed by atoms with E-state index >= 15 is 0 Å². The summed E-state index contributed by atoms with van der Waals surface area (Å²) in [6.45, 7) is 4.97. The van der Waals surface area contributed by atoms with E-state index in [2.05, 4.69) is 29.2 Å². The van der Waals surface area contributed by atoms with Gasteiger partial charge in [-0.2, -0.15) is 5.10 Å². The number of hydrogen-bond donors (Lipinski definition) is 1. The molecule has 0 atom stereocenters. The summed E-state index contributed by atoms with van der Waals surface area (Å²) < 4.78 is 7.73. The Morgan fingerprint density at radius 1 is 1.45 bits per heavy atom. The summed E-state index contributed by atoms with van der Waals surface area (Å²) >= 11 is 0. The van der Waals surface area contributed by atoms with Gasteiger partial charge >= 0.3 is 0 Å². The summed E-state index contributed by atoms with van der Waals surface area (Å²) in [5, 5.41) is 7.76. The van der Waals surface area contributed by atoms with E-state index in [1.165, 1.54) is 12.8 Å². The number of hydrogen-bond acceptors (Lipinski definition) is 4. The third kappa shape index (κ3) is 3.17. The quantitative estimate of drug-likeness (QED) is 0.878. The molecule has 1 saturated carbocycles. The number of aromatic nitrogens is 3. The Labute approximate surface area is 119 Å². The molecule has 5 nitrogen and oxygen atoms in total. The first kappa shape index (κ1) is 13.1. The molecular formula is C15H20N4O. The van der Waals surface area contributed by atoms with E-state index < -0.39 is 0 Å². The SMILES string of the molecule is CC(C)n1cc(Oc2ncccc2CNC2CC2)cn1. The predicted octanol–water partition coefficient (Wildman–Crippen LogP) is 2.90. The molecule has 5 heteroatoms. The fourth-order valence-corrected chi connectivity index (χ4v) is 1.96. The van der Waals surface area contributed by atoms with Crippen LogP contribution in [0.2, 0.25) is 0 Å². The van der Waals surface area contributed by atoms with Gasteiger partial charge in [0.1, 0.15) is 0 Å². The number of pyridine rings is 1. The van der Waals surface area contributed by atoms with Crippen LogP contribution in [0.25, 0.3) is 0 Å². The van der Waals surface area contributed by atoms with Gasteiger partial charge in [0.25, 0.3) is 0 Å². The Balaban J connectivity index is 1.71. The molecule has 1 fully saturated rings. The van der Waals surface area contributed by atoms with Crippen molar-refractivity contribution in [3.05, 3.63) is 36.3 Å². The van der Waals surface area contributed by atoms with Gasteiger partial charge in [-0.15, -0.1) is 0 Å². The van der Waals surface area contributed by atoms with Crippen LogP contribution in [-0.4, -0.2) is 20.8 Å². The van der Waals surface area contributed by atoms with E-state index in [1.807, 2.05) is 23.0 Å². The number of nitrogens with zero attached hydrogens (tertiary/aromatic N) is 3. The van der Waals surface area contributed by atoms with Gasteiger partial charge < -0.3 is 10.1 Å². The molecule has 20 heavy (non-hydrogen) atoms. The van der Waals surface area contributed by atoms with Crippen LogP contribution in [0.1, 0.15) is 38.3 Å². The Morgan fingerprint density at radius 2 is 2.30 bits per heavy atom. The fraction of sp³-hybridized carbons (Fsp3) is 0.467. The zero-order valence-electron chi connectivity index (χ0n) is 11.9. The van der Waals surface area contributed by atoms with Crippen LogP contribution in [0.3, 0.4) is 0 Å². The monoisotopic (exact) mass is 272 g/mol. The Morgan fingerprint density at radius 3 is 3.00 bits per heavy atom. The zero-order chi connectivity index (χ0) is 13.9. The third-order valence-corrected chi connectivity index (χ3v) is 3.33. The first-order valence-corrected chi connectivity index (χ1v) is 7.11. The number of ether oxygens (including phenoxy) is 1. The van der Waals surface area contributed by atoms with Gasteiger partial charge in [-0.25, -0.2) is 4.98 Å². The van der Waals surface area contributed by atoms with Crippen LogP contribution in [0, 0.1) is 0 Å². The molecule has 0 spiro atoms. The second-order valence-electron chi connectivity index (χ2n) is 5.47. The van der Waals surface area contributed by atoms with E-state index in [1.54, 1.807) is 12.4 Å². The highest BCUT2D eigenvalue weighted by Crippen LogP contribution is 2.25. The minimum Gasteiger partial charge on any atom is -0.435 e. The van der Waals surface area contributed by atoms with E-state index in [4.69, 9.17) is 4.74 Å². The topological polar surface area (TPSA) is 52.0 Å². The summed E-state index contributed by atoms with van der Waals surface area (Å²) in [5.41, 5.74) is 1.08. The van der Waals surface area contributed by atoms with Gasteiger partial charge in [0.2, 0.25) is 5.88 Å². The highest BCUT2D eigenvalue weighted by atomic mass is 16.5. The molecule has 1 N–H and O–H groups in total. The normalized spacial score (nSPS) is 14.8. The van der Waals surface area contributed by atoms with E-state index in [-0.39, 0.29) is 0 Å². The molecule has 0 unspecified atom stereocenters.